The van der Waals surface area contributed by atoms with E-state index in [0.717, 1.165) is 27.9 Å². The number of benzene rings is 2. The van der Waals surface area contributed by atoms with E-state index in [1.165, 1.54) is 66.0 Å². The first-order valence-electron chi connectivity index (χ1n) is 10.3. The quantitative estimate of drug-likeness (QED) is 0.377. The molecule has 0 fully saturated rings. The summed E-state index contributed by atoms with van der Waals surface area (Å²) in [7, 11) is 0. The van der Waals surface area contributed by atoms with Gasteiger partial charge in [-0.25, -0.2) is 0 Å². The number of carbonyl (C=O) groups excluding carboxylic acids is 1. The molecule has 2 aliphatic rings. The lowest BCUT2D eigenvalue weighted by Crippen LogP contribution is -2.34. The van der Waals surface area contributed by atoms with Crippen molar-refractivity contribution in [3.05, 3.63) is 65.2 Å². The third-order valence-corrected chi connectivity index (χ3v) is 7.29. The van der Waals surface area contributed by atoms with Crippen molar-refractivity contribution >= 4 is 34.3 Å². The number of hydrogen-bond acceptors (Lipinski definition) is 4. The first kappa shape index (κ1) is 17.0. The zero-order chi connectivity index (χ0) is 19.4. The molecule has 0 N–H and O–H groups in total. The van der Waals surface area contributed by atoms with Gasteiger partial charge in [-0.2, -0.15) is 0 Å². The van der Waals surface area contributed by atoms with Gasteiger partial charge in [-0.1, -0.05) is 12.1 Å². The summed E-state index contributed by atoms with van der Waals surface area (Å²) in [6.07, 6.45) is 5.75. The summed E-state index contributed by atoms with van der Waals surface area (Å²) >= 11 is 1.78. The maximum absolute atomic E-state index is 11.0. The van der Waals surface area contributed by atoms with E-state index in [1.807, 2.05) is 12.1 Å². The van der Waals surface area contributed by atoms with Crippen LogP contribution in [-0.4, -0.2) is 19.4 Å². The van der Waals surface area contributed by atoms with E-state index in [2.05, 4.69) is 35.2 Å². The number of carbonyl (C=O) groups is 1. The molecular formula is C25H21NO2S. The molecule has 4 heterocycles. The van der Waals surface area contributed by atoms with E-state index in [4.69, 9.17) is 4.42 Å². The average Bonchev–Trinajstić information content (AvgIpc) is 3.40. The van der Waals surface area contributed by atoms with Crippen molar-refractivity contribution in [1.82, 2.24) is 0 Å². The summed E-state index contributed by atoms with van der Waals surface area (Å²) in [6, 6.07) is 16.8. The van der Waals surface area contributed by atoms with E-state index < -0.39 is 0 Å². The van der Waals surface area contributed by atoms with Gasteiger partial charge in [0.2, 0.25) is 0 Å². The van der Waals surface area contributed by atoms with Crippen molar-refractivity contribution in [2.75, 3.05) is 18.0 Å². The molecule has 3 nitrogen and oxygen atoms in total. The Morgan fingerprint density at radius 1 is 0.897 bits per heavy atom. The van der Waals surface area contributed by atoms with Crippen molar-refractivity contribution in [3.63, 3.8) is 0 Å². The van der Waals surface area contributed by atoms with Crippen LogP contribution in [0, 0.1) is 0 Å². The van der Waals surface area contributed by atoms with Gasteiger partial charge in [-0.3, -0.25) is 4.79 Å². The number of nitrogens with zero attached hydrogens (tertiary/aromatic N) is 1. The third-order valence-electron chi connectivity index (χ3n) is 6.15. The molecule has 0 unspecified atom stereocenters. The van der Waals surface area contributed by atoms with Crippen LogP contribution in [0.5, 0.6) is 0 Å². The predicted octanol–water partition coefficient (Wildman–Crippen LogP) is 6.34. The molecule has 2 aliphatic heterocycles. The zero-order valence-corrected chi connectivity index (χ0v) is 16.9. The lowest BCUT2D eigenvalue weighted by Gasteiger charge is -2.37. The van der Waals surface area contributed by atoms with Gasteiger partial charge in [-0.05, 0) is 78.8 Å². The molecule has 144 valence electrons. The number of anilines is 1. The molecule has 0 atom stereocenters. The van der Waals surface area contributed by atoms with Crippen molar-refractivity contribution in [2.45, 2.75) is 25.7 Å². The van der Waals surface area contributed by atoms with Crippen LogP contribution in [-0.2, 0) is 12.8 Å². The SMILES string of the molecule is O=Cc1ccc2cc(-c3ccc(-c4cc5c6c(c4)CCCN6CCC5)s3)oc2c1. The van der Waals surface area contributed by atoms with Crippen LogP contribution in [0.25, 0.3) is 32.0 Å². The topological polar surface area (TPSA) is 33.5 Å². The van der Waals surface area contributed by atoms with Gasteiger partial charge in [0.15, 0.2) is 0 Å². The fourth-order valence-electron chi connectivity index (χ4n) is 4.81. The molecule has 4 heteroatoms. The molecule has 4 aromatic rings. The number of hydrogen-bond donors (Lipinski definition) is 0. The van der Waals surface area contributed by atoms with Crippen molar-refractivity contribution in [2.24, 2.45) is 0 Å². The Kier molecular flexibility index (Phi) is 3.88. The van der Waals surface area contributed by atoms with E-state index >= 15 is 0 Å². The highest BCUT2D eigenvalue weighted by Crippen LogP contribution is 2.42. The first-order chi connectivity index (χ1) is 14.3. The zero-order valence-electron chi connectivity index (χ0n) is 16.1. The molecule has 0 saturated heterocycles. The normalized spacial score (nSPS) is 15.5. The van der Waals surface area contributed by atoms with Crippen LogP contribution in [0.2, 0.25) is 0 Å². The fraction of sp³-hybridized carbons (Fsp3) is 0.240. The van der Waals surface area contributed by atoms with Gasteiger partial charge >= 0.3 is 0 Å². The molecule has 0 saturated carbocycles. The van der Waals surface area contributed by atoms with Crippen LogP contribution in [0.1, 0.15) is 34.3 Å². The molecule has 2 aromatic carbocycles. The minimum absolute atomic E-state index is 0.641. The van der Waals surface area contributed by atoms with Crippen LogP contribution in [0.3, 0.4) is 0 Å². The molecule has 2 aromatic heterocycles. The van der Waals surface area contributed by atoms with Crippen molar-refractivity contribution in [3.8, 4) is 21.1 Å². The highest BCUT2D eigenvalue weighted by Gasteiger charge is 2.24. The minimum Gasteiger partial charge on any atom is -0.455 e. The monoisotopic (exact) mass is 399 g/mol. The summed E-state index contributed by atoms with van der Waals surface area (Å²) < 4.78 is 6.05. The first-order valence-corrected chi connectivity index (χ1v) is 11.1. The fourth-order valence-corrected chi connectivity index (χ4v) is 5.76. The highest BCUT2D eigenvalue weighted by atomic mass is 32.1. The van der Waals surface area contributed by atoms with Gasteiger partial charge in [0.25, 0.3) is 0 Å². The highest BCUT2D eigenvalue weighted by molar-refractivity contribution is 7.18. The molecule has 0 spiro atoms. The Balaban J connectivity index is 1.39. The van der Waals surface area contributed by atoms with E-state index in [0.29, 0.717) is 5.56 Å². The van der Waals surface area contributed by atoms with Gasteiger partial charge in [0.1, 0.15) is 17.6 Å². The van der Waals surface area contributed by atoms with Gasteiger partial charge in [-0.15, -0.1) is 11.3 Å². The second-order valence-electron chi connectivity index (χ2n) is 8.03. The van der Waals surface area contributed by atoms with Crippen LogP contribution >= 0.6 is 11.3 Å². The molecule has 0 amide bonds. The van der Waals surface area contributed by atoms with Crippen LogP contribution < -0.4 is 4.90 Å². The van der Waals surface area contributed by atoms with E-state index in [9.17, 15) is 4.79 Å². The van der Waals surface area contributed by atoms with Gasteiger partial charge in [0.05, 0.1) is 4.88 Å². The smallest absolute Gasteiger partial charge is 0.150 e. The Hall–Kier alpha value is -2.85. The maximum Gasteiger partial charge on any atom is 0.150 e. The second-order valence-corrected chi connectivity index (χ2v) is 9.11. The summed E-state index contributed by atoms with van der Waals surface area (Å²) in [5.74, 6) is 0.866. The lowest BCUT2D eigenvalue weighted by atomic mass is 9.90. The van der Waals surface area contributed by atoms with E-state index in [-0.39, 0.29) is 0 Å². The molecule has 29 heavy (non-hydrogen) atoms. The Morgan fingerprint density at radius 2 is 1.66 bits per heavy atom. The Labute approximate surface area is 173 Å². The second kappa shape index (κ2) is 6.60. The van der Waals surface area contributed by atoms with Crippen molar-refractivity contribution in [1.29, 1.82) is 0 Å². The van der Waals surface area contributed by atoms with Crippen molar-refractivity contribution < 1.29 is 9.21 Å². The standard InChI is InChI=1S/C25H21NO2S/c27-15-16-5-6-17-14-22(28-21(17)11-16)24-8-7-23(29-24)20-12-18-3-1-9-26-10-2-4-19(13-20)25(18)26/h5-8,11-15H,1-4,9-10H2. The predicted molar refractivity (Wildman–Crippen MR) is 119 cm³/mol. The summed E-state index contributed by atoms with van der Waals surface area (Å²) in [4.78, 5) is 16.0. The number of aldehydes is 1. The largest absolute Gasteiger partial charge is 0.455 e. The Bertz CT molecular complexity index is 1220. The van der Waals surface area contributed by atoms with Gasteiger partial charge < -0.3 is 9.32 Å². The number of aryl methyl sites for hydroxylation is 2. The molecular weight excluding hydrogens is 378 g/mol. The van der Waals surface area contributed by atoms with E-state index in [1.54, 1.807) is 17.4 Å². The molecule has 0 radical (unpaired) electrons. The average molecular weight is 400 g/mol. The third kappa shape index (κ3) is 2.82. The minimum atomic E-state index is 0.641. The number of thiophene rings is 1. The number of furan rings is 1. The maximum atomic E-state index is 11.0. The summed E-state index contributed by atoms with van der Waals surface area (Å²) in [5, 5.41) is 1.03. The number of rotatable bonds is 3. The Morgan fingerprint density at radius 3 is 2.41 bits per heavy atom. The number of fused-ring (bicyclic) bond motifs is 1. The van der Waals surface area contributed by atoms with Crippen LogP contribution in [0.15, 0.2) is 52.9 Å². The molecule has 0 aliphatic carbocycles. The summed E-state index contributed by atoms with van der Waals surface area (Å²) in [6.45, 7) is 2.42. The molecule has 6 rings (SSSR count). The summed E-state index contributed by atoms with van der Waals surface area (Å²) in [5.41, 5.74) is 7.29. The van der Waals surface area contributed by atoms with Gasteiger partial charge in [0, 0.05) is 34.6 Å². The lowest BCUT2D eigenvalue weighted by molar-refractivity contribution is 0.112. The van der Waals surface area contributed by atoms with Crippen LogP contribution in [0.4, 0.5) is 5.69 Å². The molecule has 0 bridgehead atoms.